The second-order valence-corrected chi connectivity index (χ2v) is 11.0. The van der Waals surface area contributed by atoms with Gasteiger partial charge in [-0.25, -0.2) is 8.42 Å². The van der Waals surface area contributed by atoms with Crippen molar-refractivity contribution < 1.29 is 13.2 Å². The van der Waals surface area contributed by atoms with Gasteiger partial charge in [0.15, 0.2) is 9.84 Å². The largest absolute Gasteiger partial charge is 0.352 e. The van der Waals surface area contributed by atoms with E-state index in [1.54, 1.807) is 0 Å². The number of aryl methyl sites for hydroxylation is 1. The summed E-state index contributed by atoms with van der Waals surface area (Å²) in [5.74, 6) is 1.04. The third-order valence-corrected chi connectivity index (χ3v) is 8.08. The maximum atomic E-state index is 12.5. The number of nitrogens with zero attached hydrogens (tertiary/aromatic N) is 3. The Morgan fingerprint density at radius 3 is 2.61 bits per heavy atom. The Hall–Kier alpha value is -1.41. The summed E-state index contributed by atoms with van der Waals surface area (Å²) in [6.07, 6.45) is 5.35. The van der Waals surface area contributed by atoms with Crippen LogP contribution in [-0.4, -0.2) is 60.1 Å². The minimum absolute atomic E-state index is 0.0705. The van der Waals surface area contributed by atoms with E-state index in [0.29, 0.717) is 31.5 Å². The Labute approximate surface area is 168 Å². The van der Waals surface area contributed by atoms with Gasteiger partial charge < -0.3 is 5.32 Å². The van der Waals surface area contributed by atoms with Gasteiger partial charge in [0.1, 0.15) is 0 Å². The van der Waals surface area contributed by atoms with E-state index in [0.717, 1.165) is 23.4 Å². The smallest absolute Gasteiger partial charge is 0.234 e. The molecule has 8 heteroatoms. The normalized spacial score (nSPS) is 27.2. The number of likely N-dealkylation sites (N-methyl/N-ethyl adjacent to an activating group) is 1. The van der Waals surface area contributed by atoms with Crippen LogP contribution < -0.4 is 5.32 Å². The molecule has 2 aliphatic rings. The van der Waals surface area contributed by atoms with E-state index in [4.69, 9.17) is 0 Å². The predicted molar refractivity (Wildman–Crippen MR) is 110 cm³/mol. The molecule has 2 heterocycles. The average Bonchev–Trinajstić information content (AvgIpc) is 3.10. The molecule has 28 heavy (non-hydrogen) atoms. The van der Waals surface area contributed by atoms with Gasteiger partial charge in [-0.15, -0.1) is 0 Å². The second-order valence-electron chi connectivity index (χ2n) is 8.76. The number of sulfone groups is 1. The van der Waals surface area contributed by atoms with E-state index in [1.807, 2.05) is 30.5 Å². The van der Waals surface area contributed by atoms with Crippen LogP contribution in [0.15, 0.2) is 0 Å². The van der Waals surface area contributed by atoms with Gasteiger partial charge in [-0.2, -0.15) is 5.10 Å². The molecule has 1 aromatic heterocycles. The zero-order valence-electron chi connectivity index (χ0n) is 17.6. The van der Waals surface area contributed by atoms with Crippen LogP contribution in [0.25, 0.3) is 0 Å². The molecular weight excluding hydrogens is 376 g/mol. The quantitative estimate of drug-likeness (QED) is 0.775. The molecule has 3 rings (SSSR count). The van der Waals surface area contributed by atoms with Crippen molar-refractivity contribution in [2.24, 2.45) is 5.92 Å². The van der Waals surface area contributed by atoms with Crippen molar-refractivity contribution in [1.29, 1.82) is 0 Å². The molecule has 1 aromatic rings. The highest BCUT2D eigenvalue weighted by Crippen LogP contribution is 2.27. The first kappa shape index (κ1) is 21.3. The van der Waals surface area contributed by atoms with Gasteiger partial charge in [-0.1, -0.05) is 19.8 Å². The Balaban J connectivity index is 1.59. The first-order valence-corrected chi connectivity index (χ1v) is 12.2. The van der Waals surface area contributed by atoms with Crippen LogP contribution in [0.3, 0.4) is 0 Å². The lowest BCUT2D eigenvalue weighted by Crippen LogP contribution is -2.44. The number of hydrogen-bond acceptors (Lipinski definition) is 5. The highest BCUT2D eigenvalue weighted by Gasteiger charge is 2.31. The van der Waals surface area contributed by atoms with Gasteiger partial charge in [-0.3, -0.25) is 14.4 Å². The maximum Gasteiger partial charge on any atom is 0.234 e. The van der Waals surface area contributed by atoms with Crippen molar-refractivity contribution >= 4 is 15.7 Å². The minimum Gasteiger partial charge on any atom is -0.352 e. The second kappa shape index (κ2) is 8.53. The molecule has 1 saturated heterocycles. The van der Waals surface area contributed by atoms with Crippen LogP contribution >= 0.6 is 0 Å². The molecule has 0 unspecified atom stereocenters. The zero-order valence-corrected chi connectivity index (χ0v) is 18.4. The lowest BCUT2D eigenvalue weighted by molar-refractivity contribution is -0.123. The summed E-state index contributed by atoms with van der Waals surface area (Å²) in [4.78, 5) is 14.5. The Morgan fingerprint density at radius 1 is 1.25 bits per heavy atom. The molecule has 1 amide bonds. The summed E-state index contributed by atoms with van der Waals surface area (Å²) in [5.41, 5.74) is 3.01. The lowest BCUT2D eigenvalue weighted by Gasteiger charge is -2.30. The van der Waals surface area contributed by atoms with Crippen molar-refractivity contribution in [3.63, 3.8) is 0 Å². The Morgan fingerprint density at radius 2 is 1.96 bits per heavy atom. The molecule has 0 bridgehead atoms. The van der Waals surface area contributed by atoms with E-state index in [2.05, 4.69) is 17.3 Å². The van der Waals surface area contributed by atoms with Crippen molar-refractivity contribution in [3.05, 3.63) is 17.0 Å². The average molecular weight is 411 g/mol. The zero-order chi connectivity index (χ0) is 20.5. The summed E-state index contributed by atoms with van der Waals surface area (Å²) in [6.45, 7) is 7.16. The van der Waals surface area contributed by atoms with Crippen LogP contribution in [-0.2, 0) is 21.2 Å². The number of carbonyl (C=O) groups is 1. The molecule has 2 fully saturated rings. The van der Waals surface area contributed by atoms with E-state index < -0.39 is 9.84 Å². The minimum atomic E-state index is -2.95. The molecule has 0 radical (unpaired) electrons. The van der Waals surface area contributed by atoms with Gasteiger partial charge in [0.25, 0.3) is 0 Å². The number of nitrogens with one attached hydrogen (secondary N) is 1. The van der Waals surface area contributed by atoms with Crippen molar-refractivity contribution in [2.75, 3.05) is 25.1 Å². The lowest BCUT2D eigenvalue weighted by atomic mass is 9.86. The molecule has 1 N–H and O–H groups in total. The van der Waals surface area contributed by atoms with Crippen molar-refractivity contribution in [2.45, 2.75) is 71.5 Å². The highest BCUT2D eigenvalue weighted by atomic mass is 32.2. The molecule has 158 valence electrons. The predicted octanol–water partition coefficient (Wildman–Crippen LogP) is 1.99. The van der Waals surface area contributed by atoms with E-state index in [1.165, 1.54) is 19.3 Å². The first-order valence-electron chi connectivity index (χ1n) is 10.4. The van der Waals surface area contributed by atoms with Gasteiger partial charge in [-0.05, 0) is 46.1 Å². The van der Waals surface area contributed by atoms with E-state index >= 15 is 0 Å². The number of aromatic nitrogens is 2. The summed E-state index contributed by atoms with van der Waals surface area (Å²) in [7, 11) is -1.00. The van der Waals surface area contributed by atoms with Crippen molar-refractivity contribution in [3.8, 4) is 0 Å². The fraction of sp³-hybridized carbons (Fsp3) is 0.800. The Kier molecular flexibility index (Phi) is 6.49. The summed E-state index contributed by atoms with van der Waals surface area (Å²) in [5, 5.41) is 7.82. The Bertz CT molecular complexity index is 818. The monoisotopic (exact) mass is 410 g/mol. The van der Waals surface area contributed by atoms with Crippen LogP contribution in [0.5, 0.6) is 0 Å². The number of hydrogen-bond donors (Lipinski definition) is 1. The SMILES string of the molecule is Cc1nn([C@@H]2CCS(=O)(=O)C2)c(C)c1CN(C)CC(=O)N[C@@H]1CCCC[C@@H]1C. The van der Waals surface area contributed by atoms with Gasteiger partial charge in [0.05, 0.1) is 29.8 Å². The molecule has 3 atom stereocenters. The van der Waals surface area contributed by atoms with Crippen LogP contribution in [0, 0.1) is 19.8 Å². The third-order valence-electron chi connectivity index (χ3n) is 6.33. The summed E-state index contributed by atoms with van der Waals surface area (Å²) < 4.78 is 25.5. The van der Waals surface area contributed by atoms with Crippen molar-refractivity contribution in [1.82, 2.24) is 20.0 Å². The number of rotatable bonds is 6. The van der Waals surface area contributed by atoms with Crippen LogP contribution in [0.2, 0.25) is 0 Å². The summed E-state index contributed by atoms with van der Waals surface area (Å²) in [6, 6.07) is 0.226. The topological polar surface area (TPSA) is 84.3 Å². The van der Waals surface area contributed by atoms with E-state index in [9.17, 15) is 13.2 Å². The third kappa shape index (κ3) is 4.95. The number of amides is 1. The number of carbonyl (C=O) groups excluding carboxylic acids is 1. The van der Waals surface area contributed by atoms with Crippen LogP contribution in [0.1, 0.15) is 62.0 Å². The molecule has 7 nitrogen and oxygen atoms in total. The van der Waals surface area contributed by atoms with Gasteiger partial charge in [0, 0.05) is 23.8 Å². The molecule has 1 aliphatic heterocycles. The highest BCUT2D eigenvalue weighted by molar-refractivity contribution is 7.91. The first-order chi connectivity index (χ1) is 13.2. The van der Waals surface area contributed by atoms with Gasteiger partial charge >= 0.3 is 0 Å². The molecule has 0 aromatic carbocycles. The van der Waals surface area contributed by atoms with Crippen LogP contribution in [0.4, 0.5) is 0 Å². The summed E-state index contributed by atoms with van der Waals surface area (Å²) >= 11 is 0. The fourth-order valence-corrected chi connectivity index (χ4v) is 6.30. The molecule has 0 spiro atoms. The van der Waals surface area contributed by atoms with E-state index in [-0.39, 0.29) is 23.5 Å². The standard InChI is InChI=1S/C20H34N4O3S/c1-14-7-5-6-8-19(14)21-20(25)12-23(4)11-18-15(2)22-24(16(18)3)17-9-10-28(26,27)13-17/h14,17,19H,5-13H2,1-4H3,(H,21,25)/t14-,17+,19+/m0/s1. The molecule has 1 aliphatic carbocycles. The molecular formula is C20H34N4O3S. The van der Waals surface area contributed by atoms with Gasteiger partial charge in [0.2, 0.25) is 5.91 Å². The fourth-order valence-electron chi connectivity index (χ4n) is 4.60. The maximum absolute atomic E-state index is 12.5. The molecule has 1 saturated carbocycles.